The highest BCUT2D eigenvalue weighted by molar-refractivity contribution is 6.32. The maximum absolute atomic E-state index is 12.5. The molecule has 0 bridgehead atoms. The lowest BCUT2D eigenvalue weighted by atomic mass is 10.1. The number of carbonyl (C=O) groups excluding carboxylic acids is 1. The summed E-state index contributed by atoms with van der Waals surface area (Å²) < 4.78 is 11.5. The number of amides is 1. The van der Waals surface area contributed by atoms with Crippen LogP contribution in [0, 0.1) is 11.3 Å². The average molecular weight is 483 g/mol. The Morgan fingerprint density at radius 2 is 1.71 bits per heavy atom. The molecule has 0 aliphatic rings. The number of carbonyl (C=O) groups is 1. The van der Waals surface area contributed by atoms with Crippen molar-refractivity contribution in [3.05, 3.63) is 112 Å². The molecule has 0 spiro atoms. The van der Waals surface area contributed by atoms with Gasteiger partial charge < -0.3 is 14.8 Å². The number of halogens is 1. The largest absolute Gasteiger partial charge is 0.493 e. The molecule has 0 atom stereocenters. The number of nitrogens with zero attached hydrogens (tertiary/aromatic N) is 1. The first kappa shape index (κ1) is 23.9. The summed E-state index contributed by atoms with van der Waals surface area (Å²) in [5.74, 6) is 0.334. The first-order chi connectivity index (χ1) is 17.1. The van der Waals surface area contributed by atoms with E-state index in [2.05, 4.69) is 23.5 Å². The lowest BCUT2D eigenvalue weighted by Gasteiger charge is -2.14. The number of nitriles is 1. The van der Waals surface area contributed by atoms with Gasteiger partial charge in [0.25, 0.3) is 5.91 Å². The normalized spacial score (nSPS) is 11.1. The Morgan fingerprint density at radius 3 is 2.46 bits per heavy atom. The molecular weight excluding hydrogens is 460 g/mol. The van der Waals surface area contributed by atoms with Crippen molar-refractivity contribution in [1.29, 1.82) is 5.26 Å². The Labute approximate surface area is 209 Å². The average Bonchev–Trinajstić information content (AvgIpc) is 2.89. The number of nitrogens with one attached hydrogen (secondary N) is 1. The molecule has 0 aliphatic carbocycles. The molecule has 0 aliphatic heterocycles. The highest BCUT2D eigenvalue weighted by atomic mass is 35.5. The summed E-state index contributed by atoms with van der Waals surface area (Å²) in [6.45, 7) is 0.631. The predicted octanol–water partition coefficient (Wildman–Crippen LogP) is 6.30. The van der Waals surface area contributed by atoms with Crippen molar-refractivity contribution in [2.45, 2.75) is 13.2 Å². The molecule has 174 valence electrons. The van der Waals surface area contributed by atoms with E-state index in [0.717, 1.165) is 21.9 Å². The number of benzene rings is 4. The van der Waals surface area contributed by atoms with E-state index in [4.69, 9.17) is 21.1 Å². The lowest BCUT2D eigenvalue weighted by molar-refractivity contribution is -0.117. The van der Waals surface area contributed by atoms with E-state index in [0.29, 0.717) is 35.2 Å². The number of fused-ring (bicyclic) bond motifs is 1. The molecule has 5 nitrogen and oxygen atoms in total. The Balaban J connectivity index is 1.50. The van der Waals surface area contributed by atoms with Gasteiger partial charge in [-0.15, -0.1) is 0 Å². The van der Waals surface area contributed by atoms with Crippen molar-refractivity contribution < 1.29 is 14.3 Å². The minimum atomic E-state index is -0.469. The Hall–Kier alpha value is -4.27. The Morgan fingerprint density at radius 1 is 0.971 bits per heavy atom. The topological polar surface area (TPSA) is 71.3 Å². The second-order valence-electron chi connectivity index (χ2n) is 7.84. The molecule has 4 aromatic carbocycles. The van der Waals surface area contributed by atoms with Crippen LogP contribution in [-0.2, 0) is 17.9 Å². The number of hydrogen-bond donors (Lipinski definition) is 1. The van der Waals surface area contributed by atoms with Crippen LogP contribution >= 0.6 is 11.6 Å². The van der Waals surface area contributed by atoms with Crippen LogP contribution in [0.4, 0.5) is 0 Å². The number of rotatable bonds is 8. The molecule has 0 heterocycles. The third-order valence-electron chi connectivity index (χ3n) is 5.42. The highest BCUT2D eigenvalue weighted by Crippen LogP contribution is 2.37. The molecule has 6 heteroatoms. The summed E-state index contributed by atoms with van der Waals surface area (Å²) in [5.41, 5.74) is 2.45. The first-order valence-corrected chi connectivity index (χ1v) is 11.4. The fraction of sp³-hybridized carbons (Fsp3) is 0.103. The Kier molecular flexibility index (Phi) is 7.67. The fourth-order valence-corrected chi connectivity index (χ4v) is 3.91. The van der Waals surface area contributed by atoms with Gasteiger partial charge in [0.15, 0.2) is 11.5 Å². The number of hydrogen-bond acceptors (Lipinski definition) is 4. The molecular formula is C29H23ClN2O3. The molecule has 35 heavy (non-hydrogen) atoms. The summed E-state index contributed by atoms with van der Waals surface area (Å²) in [4.78, 5) is 12.5. The lowest BCUT2D eigenvalue weighted by Crippen LogP contribution is -2.23. The van der Waals surface area contributed by atoms with Crippen molar-refractivity contribution >= 4 is 34.4 Å². The molecule has 4 rings (SSSR count). The van der Waals surface area contributed by atoms with Crippen molar-refractivity contribution in [1.82, 2.24) is 5.32 Å². The van der Waals surface area contributed by atoms with E-state index in [9.17, 15) is 10.1 Å². The SMILES string of the molecule is COc1cc(/C=C(/C#N)C(=O)NCc2ccccc2)cc(Cl)c1OCc1ccc2ccccc2c1. The van der Waals surface area contributed by atoms with Crippen LogP contribution in [0.5, 0.6) is 11.5 Å². The molecule has 4 aromatic rings. The summed E-state index contributed by atoms with van der Waals surface area (Å²) in [6, 6.07) is 29.0. The van der Waals surface area contributed by atoms with Gasteiger partial charge in [-0.1, -0.05) is 78.3 Å². The van der Waals surface area contributed by atoms with Crippen LogP contribution in [0.3, 0.4) is 0 Å². The van der Waals surface area contributed by atoms with Gasteiger partial charge in [-0.2, -0.15) is 5.26 Å². The van der Waals surface area contributed by atoms with E-state index >= 15 is 0 Å². The standard InChI is InChI=1S/C29H23ClN2O3/c1-34-27-16-22(14-25(17-31)29(33)32-18-20-7-3-2-4-8-20)15-26(30)28(27)35-19-21-11-12-23-9-5-6-10-24(23)13-21/h2-16H,18-19H2,1H3,(H,32,33)/b25-14-. The molecule has 0 unspecified atom stereocenters. The van der Waals surface area contributed by atoms with Crippen LogP contribution in [0.2, 0.25) is 5.02 Å². The van der Waals surface area contributed by atoms with Crippen LogP contribution in [0.25, 0.3) is 16.8 Å². The maximum Gasteiger partial charge on any atom is 0.262 e. The van der Waals surface area contributed by atoms with Crippen LogP contribution in [0.15, 0.2) is 90.5 Å². The quantitative estimate of drug-likeness (QED) is 0.236. The van der Waals surface area contributed by atoms with Gasteiger partial charge in [0.05, 0.1) is 12.1 Å². The monoisotopic (exact) mass is 482 g/mol. The minimum Gasteiger partial charge on any atom is -0.493 e. The first-order valence-electron chi connectivity index (χ1n) is 11.0. The molecule has 0 radical (unpaired) electrons. The van der Waals surface area contributed by atoms with E-state index in [1.807, 2.05) is 60.7 Å². The molecule has 1 amide bonds. The van der Waals surface area contributed by atoms with Crippen molar-refractivity contribution in [2.24, 2.45) is 0 Å². The molecule has 0 aromatic heterocycles. The molecule has 1 N–H and O–H groups in total. The van der Waals surface area contributed by atoms with Gasteiger partial charge in [0, 0.05) is 6.54 Å². The summed E-state index contributed by atoms with van der Waals surface area (Å²) in [5, 5.41) is 14.9. The number of ether oxygens (including phenoxy) is 2. The zero-order chi connectivity index (χ0) is 24.6. The van der Waals surface area contributed by atoms with Gasteiger partial charge in [-0.25, -0.2) is 0 Å². The van der Waals surface area contributed by atoms with Crippen molar-refractivity contribution in [3.63, 3.8) is 0 Å². The summed E-state index contributed by atoms with van der Waals surface area (Å²) in [6.07, 6.45) is 1.47. The van der Waals surface area contributed by atoms with E-state index in [-0.39, 0.29) is 5.57 Å². The van der Waals surface area contributed by atoms with Gasteiger partial charge in [-0.3, -0.25) is 4.79 Å². The predicted molar refractivity (Wildman–Crippen MR) is 138 cm³/mol. The molecule has 0 saturated heterocycles. The smallest absolute Gasteiger partial charge is 0.262 e. The van der Waals surface area contributed by atoms with Crippen LogP contribution < -0.4 is 14.8 Å². The highest BCUT2D eigenvalue weighted by Gasteiger charge is 2.14. The zero-order valence-electron chi connectivity index (χ0n) is 19.1. The molecule has 0 fully saturated rings. The van der Waals surface area contributed by atoms with Crippen LogP contribution in [0.1, 0.15) is 16.7 Å². The fourth-order valence-electron chi connectivity index (χ4n) is 3.64. The van der Waals surface area contributed by atoms with Gasteiger partial charge in [0.1, 0.15) is 18.2 Å². The van der Waals surface area contributed by atoms with Gasteiger partial charge in [0.2, 0.25) is 0 Å². The number of methoxy groups -OCH3 is 1. The van der Waals surface area contributed by atoms with E-state index < -0.39 is 5.91 Å². The van der Waals surface area contributed by atoms with Gasteiger partial charge in [-0.05, 0) is 51.7 Å². The van der Waals surface area contributed by atoms with E-state index in [1.54, 1.807) is 12.1 Å². The summed E-state index contributed by atoms with van der Waals surface area (Å²) in [7, 11) is 1.51. The second kappa shape index (κ2) is 11.2. The summed E-state index contributed by atoms with van der Waals surface area (Å²) >= 11 is 6.50. The van der Waals surface area contributed by atoms with Crippen molar-refractivity contribution in [2.75, 3.05) is 7.11 Å². The van der Waals surface area contributed by atoms with Gasteiger partial charge >= 0.3 is 0 Å². The van der Waals surface area contributed by atoms with Crippen LogP contribution in [-0.4, -0.2) is 13.0 Å². The Bertz CT molecular complexity index is 1430. The third kappa shape index (κ3) is 6.00. The van der Waals surface area contributed by atoms with E-state index in [1.165, 1.54) is 13.2 Å². The zero-order valence-corrected chi connectivity index (χ0v) is 19.9. The minimum absolute atomic E-state index is 0.0381. The second-order valence-corrected chi connectivity index (χ2v) is 8.25. The third-order valence-corrected chi connectivity index (χ3v) is 5.70. The maximum atomic E-state index is 12.5. The van der Waals surface area contributed by atoms with Crippen molar-refractivity contribution in [3.8, 4) is 17.6 Å². The molecule has 0 saturated carbocycles.